The number of hydrogen-bond donors (Lipinski definition) is 1. The second-order valence-corrected chi connectivity index (χ2v) is 7.16. The summed E-state index contributed by atoms with van der Waals surface area (Å²) in [5.41, 5.74) is 0.659. The Labute approximate surface area is 157 Å². The van der Waals surface area contributed by atoms with Crippen molar-refractivity contribution in [1.29, 1.82) is 0 Å². The van der Waals surface area contributed by atoms with Gasteiger partial charge in [0, 0.05) is 24.7 Å². The standard InChI is InChI=1S/C19H24N2O6/c1-11(2)6-14(19(24)25-3)20-18(23)12-7-17(22)21(9-12)13-4-5-15-16(8-13)27-10-26-15/h4-5,8,11-12,14H,6-7,9-10H2,1-3H3,(H,20,23). The Morgan fingerprint density at radius 1 is 1.30 bits per heavy atom. The molecule has 1 aromatic carbocycles. The van der Waals surface area contributed by atoms with Gasteiger partial charge in [-0.1, -0.05) is 13.8 Å². The van der Waals surface area contributed by atoms with Crippen LogP contribution in [0.25, 0.3) is 0 Å². The maximum atomic E-state index is 12.6. The number of carbonyl (C=O) groups excluding carboxylic acids is 3. The summed E-state index contributed by atoms with van der Waals surface area (Å²) in [4.78, 5) is 38.5. The Bertz CT molecular complexity index is 748. The molecular formula is C19H24N2O6. The number of rotatable bonds is 6. The van der Waals surface area contributed by atoms with Crippen molar-refractivity contribution in [2.24, 2.45) is 11.8 Å². The molecule has 0 aromatic heterocycles. The molecule has 2 amide bonds. The van der Waals surface area contributed by atoms with Gasteiger partial charge in [0.25, 0.3) is 0 Å². The first-order chi connectivity index (χ1) is 12.9. The molecular weight excluding hydrogens is 352 g/mol. The van der Waals surface area contributed by atoms with Gasteiger partial charge in [-0.2, -0.15) is 0 Å². The second-order valence-electron chi connectivity index (χ2n) is 7.16. The number of benzene rings is 1. The summed E-state index contributed by atoms with van der Waals surface area (Å²) < 4.78 is 15.4. The van der Waals surface area contributed by atoms with Crippen molar-refractivity contribution in [3.05, 3.63) is 18.2 Å². The Kier molecular flexibility index (Phi) is 5.53. The molecule has 8 nitrogen and oxygen atoms in total. The van der Waals surface area contributed by atoms with Crippen LogP contribution in [0, 0.1) is 11.8 Å². The SMILES string of the molecule is COC(=O)C(CC(C)C)NC(=O)C1CC(=O)N(c2ccc3c(c2)OCO3)C1. The highest BCUT2D eigenvalue weighted by Gasteiger charge is 2.37. The fourth-order valence-corrected chi connectivity index (χ4v) is 3.30. The first-order valence-corrected chi connectivity index (χ1v) is 8.97. The third-order valence-electron chi connectivity index (χ3n) is 4.67. The molecule has 3 rings (SSSR count). The van der Waals surface area contributed by atoms with Crippen LogP contribution in [0.1, 0.15) is 26.7 Å². The highest BCUT2D eigenvalue weighted by molar-refractivity contribution is 6.01. The van der Waals surface area contributed by atoms with Gasteiger partial charge in [-0.05, 0) is 24.5 Å². The monoisotopic (exact) mass is 376 g/mol. The average Bonchev–Trinajstić information content (AvgIpc) is 3.25. The number of ether oxygens (including phenoxy) is 3. The summed E-state index contributed by atoms with van der Waals surface area (Å²) in [6.45, 7) is 4.33. The zero-order chi connectivity index (χ0) is 19.6. The van der Waals surface area contributed by atoms with Gasteiger partial charge in [-0.15, -0.1) is 0 Å². The summed E-state index contributed by atoms with van der Waals surface area (Å²) in [5.74, 6) is -0.0405. The van der Waals surface area contributed by atoms with E-state index in [2.05, 4.69) is 5.32 Å². The van der Waals surface area contributed by atoms with Crippen LogP contribution >= 0.6 is 0 Å². The van der Waals surface area contributed by atoms with Gasteiger partial charge in [-0.3, -0.25) is 9.59 Å². The quantitative estimate of drug-likeness (QED) is 0.756. The van der Waals surface area contributed by atoms with E-state index in [0.717, 1.165) is 0 Å². The number of nitrogens with one attached hydrogen (secondary N) is 1. The Morgan fingerprint density at radius 2 is 2.04 bits per heavy atom. The van der Waals surface area contributed by atoms with Gasteiger partial charge in [0.15, 0.2) is 11.5 Å². The van der Waals surface area contributed by atoms with Gasteiger partial charge in [0.2, 0.25) is 18.6 Å². The second kappa shape index (κ2) is 7.85. The molecule has 2 heterocycles. The minimum Gasteiger partial charge on any atom is -0.467 e. The summed E-state index contributed by atoms with van der Waals surface area (Å²) in [7, 11) is 1.29. The molecule has 2 unspecified atom stereocenters. The number of nitrogens with zero attached hydrogens (tertiary/aromatic N) is 1. The fraction of sp³-hybridized carbons (Fsp3) is 0.526. The van der Waals surface area contributed by atoms with E-state index in [4.69, 9.17) is 14.2 Å². The van der Waals surface area contributed by atoms with E-state index < -0.39 is 17.9 Å². The van der Waals surface area contributed by atoms with Crippen LogP contribution in [0.15, 0.2) is 18.2 Å². The van der Waals surface area contributed by atoms with Gasteiger partial charge in [0.1, 0.15) is 6.04 Å². The van der Waals surface area contributed by atoms with Gasteiger partial charge >= 0.3 is 5.97 Å². The maximum Gasteiger partial charge on any atom is 0.328 e. The third kappa shape index (κ3) is 4.15. The number of carbonyl (C=O) groups is 3. The molecule has 0 spiro atoms. The lowest BCUT2D eigenvalue weighted by Gasteiger charge is -2.21. The van der Waals surface area contributed by atoms with Crippen molar-refractivity contribution >= 4 is 23.5 Å². The molecule has 146 valence electrons. The Balaban J connectivity index is 1.67. The molecule has 1 N–H and O–H groups in total. The van der Waals surface area contributed by atoms with E-state index in [1.807, 2.05) is 13.8 Å². The number of amides is 2. The smallest absolute Gasteiger partial charge is 0.328 e. The van der Waals surface area contributed by atoms with Gasteiger partial charge < -0.3 is 24.4 Å². The summed E-state index contributed by atoms with van der Waals surface area (Å²) in [6.07, 6.45) is 0.570. The molecule has 0 saturated carbocycles. The van der Waals surface area contributed by atoms with Gasteiger partial charge in [0.05, 0.1) is 13.0 Å². The summed E-state index contributed by atoms with van der Waals surface area (Å²) >= 11 is 0. The van der Waals surface area contributed by atoms with E-state index in [1.54, 1.807) is 23.1 Å². The van der Waals surface area contributed by atoms with E-state index in [1.165, 1.54) is 7.11 Å². The molecule has 1 fully saturated rings. The molecule has 1 saturated heterocycles. The minimum atomic E-state index is -0.711. The van der Waals surface area contributed by atoms with Crippen LogP contribution < -0.4 is 19.7 Å². The van der Waals surface area contributed by atoms with Crippen molar-refractivity contribution in [3.8, 4) is 11.5 Å². The number of methoxy groups -OCH3 is 1. The van der Waals surface area contributed by atoms with Crippen molar-refractivity contribution in [2.75, 3.05) is 25.3 Å². The number of fused-ring (bicyclic) bond motifs is 1. The van der Waals surface area contributed by atoms with Crippen molar-refractivity contribution in [2.45, 2.75) is 32.7 Å². The van der Waals surface area contributed by atoms with Gasteiger partial charge in [-0.25, -0.2) is 4.79 Å². The highest BCUT2D eigenvalue weighted by Crippen LogP contribution is 2.37. The van der Waals surface area contributed by atoms with Crippen LogP contribution in [0.2, 0.25) is 0 Å². The predicted octanol–water partition coefficient (Wildman–Crippen LogP) is 1.47. The Hall–Kier alpha value is -2.77. The lowest BCUT2D eigenvalue weighted by Crippen LogP contribution is -2.45. The summed E-state index contributed by atoms with van der Waals surface area (Å²) in [5, 5.41) is 2.74. The lowest BCUT2D eigenvalue weighted by molar-refractivity contribution is -0.146. The first-order valence-electron chi connectivity index (χ1n) is 8.97. The fourth-order valence-electron chi connectivity index (χ4n) is 3.30. The maximum absolute atomic E-state index is 12.6. The van der Waals surface area contributed by atoms with E-state index in [-0.39, 0.29) is 37.5 Å². The molecule has 2 atom stereocenters. The highest BCUT2D eigenvalue weighted by atomic mass is 16.7. The molecule has 2 aliphatic heterocycles. The number of esters is 1. The van der Waals surface area contributed by atoms with Crippen molar-refractivity contribution < 1.29 is 28.6 Å². The molecule has 1 aromatic rings. The topological polar surface area (TPSA) is 94.2 Å². The number of anilines is 1. The largest absolute Gasteiger partial charge is 0.467 e. The lowest BCUT2D eigenvalue weighted by atomic mass is 10.0. The van der Waals surface area contributed by atoms with E-state index in [9.17, 15) is 14.4 Å². The first kappa shape index (κ1) is 19.0. The molecule has 0 radical (unpaired) electrons. The van der Waals surface area contributed by atoms with Crippen LogP contribution in [0.4, 0.5) is 5.69 Å². The molecule has 2 aliphatic rings. The van der Waals surface area contributed by atoms with Crippen LogP contribution in [0.3, 0.4) is 0 Å². The van der Waals surface area contributed by atoms with Crippen LogP contribution in [-0.4, -0.2) is 44.3 Å². The van der Waals surface area contributed by atoms with E-state index in [0.29, 0.717) is 23.6 Å². The average molecular weight is 376 g/mol. The summed E-state index contributed by atoms with van der Waals surface area (Å²) in [6, 6.07) is 4.53. The molecule has 0 bridgehead atoms. The zero-order valence-electron chi connectivity index (χ0n) is 15.7. The van der Waals surface area contributed by atoms with Crippen LogP contribution in [0.5, 0.6) is 11.5 Å². The molecule has 27 heavy (non-hydrogen) atoms. The number of hydrogen-bond acceptors (Lipinski definition) is 6. The molecule has 8 heteroatoms. The normalized spacial score (nSPS) is 19.3. The van der Waals surface area contributed by atoms with Crippen LogP contribution in [-0.2, 0) is 19.1 Å². The van der Waals surface area contributed by atoms with E-state index >= 15 is 0 Å². The van der Waals surface area contributed by atoms with Crippen molar-refractivity contribution in [3.63, 3.8) is 0 Å². The minimum absolute atomic E-state index is 0.0931. The third-order valence-corrected chi connectivity index (χ3v) is 4.67. The predicted molar refractivity (Wildman–Crippen MR) is 96.4 cm³/mol. The van der Waals surface area contributed by atoms with Crippen molar-refractivity contribution in [1.82, 2.24) is 5.32 Å². The molecule has 0 aliphatic carbocycles. The Morgan fingerprint density at radius 3 is 2.74 bits per heavy atom. The zero-order valence-corrected chi connectivity index (χ0v) is 15.7.